The van der Waals surface area contributed by atoms with Gasteiger partial charge in [0, 0.05) is 0 Å². The van der Waals surface area contributed by atoms with Crippen molar-refractivity contribution in [1.29, 1.82) is 0 Å². The Bertz CT molecular complexity index is 345. The molecule has 16 heavy (non-hydrogen) atoms. The fourth-order valence-electron chi connectivity index (χ4n) is 2.05. The van der Waals surface area contributed by atoms with E-state index in [-0.39, 0.29) is 12.8 Å². The average molecular weight is 227 g/mol. The first kappa shape index (κ1) is 12.9. The minimum atomic E-state index is -4.94. The third-order valence-corrected chi connectivity index (χ3v) is 3.11. The van der Waals surface area contributed by atoms with Crippen molar-refractivity contribution in [3.8, 4) is 0 Å². The maximum Gasteiger partial charge on any atom is 0.489 e. The molecule has 0 aromatic heterocycles. The minimum Gasteiger partial charge on any atom is -0.448 e. The molecule has 1 aromatic carbocycles. The molecule has 0 heterocycles. The number of halogens is 3. The van der Waals surface area contributed by atoms with Crippen LogP contribution in [0.5, 0.6) is 0 Å². The first-order chi connectivity index (χ1) is 7.48. The molecule has 0 aliphatic carbocycles. The lowest BCUT2D eigenvalue weighted by Crippen LogP contribution is -2.46. The number of rotatable bonds is 5. The van der Waals surface area contributed by atoms with Crippen LogP contribution < -0.4 is 0 Å². The Morgan fingerprint density at radius 3 is 2.19 bits per heavy atom. The lowest BCUT2D eigenvalue weighted by molar-refractivity contribution is 0.355. The Kier molecular flexibility index (Phi) is 3.84. The van der Waals surface area contributed by atoms with Gasteiger partial charge in [0.1, 0.15) is 0 Å². The number of hydrogen-bond donors (Lipinski definition) is 0. The lowest BCUT2D eigenvalue weighted by Gasteiger charge is -2.41. The number of hydrogen-bond acceptors (Lipinski definition) is 0. The SMILES string of the molecule is C=CCC(CC)(c1ccccc1)[B-](F)(F)F. The molecule has 4 heteroatoms. The molecule has 0 radical (unpaired) electrons. The van der Waals surface area contributed by atoms with E-state index >= 15 is 0 Å². The molecule has 1 unspecified atom stereocenters. The van der Waals surface area contributed by atoms with E-state index in [2.05, 4.69) is 6.58 Å². The van der Waals surface area contributed by atoms with E-state index in [1.54, 1.807) is 37.3 Å². The molecule has 0 N–H and O–H groups in total. The van der Waals surface area contributed by atoms with Crippen molar-refractivity contribution in [3.63, 3.8) is 0 Å². The third-order valence-electron chi connectivity index (χ3n) is 3.11. The Labute approximate surface area is 94.2 Å². The van der Waals surface area contributed by atoms with E-state index in [0.29, 0.717) is 5.56 Å². The molecule has 0 aliphatic rings. The normalized spacial score (nSPS) is 15.5. The highest BCUT2D eigenvalue weighted by Crippen LogP contribution is 2.43. The maximum absolute atomic E-state index is 13.3. The summed E-state index contributed by atoms with van der Waals surface area (Å²) in [4.78, 5) is 0. The zero-order valence-corrected chi connectivity index (χ0v) is 9.30. The van der Waals surface area contributed by atoms with Crippen LogP contribution in [0.25, 0.3) is 0 Å². The molecule has 0 amide bonds. The van der Waals surface area contributed by atoms with Crippen LogP contribution in [0.1, 0.15) is 25.3 Å². The minimum absolute atomic E-state index is 0.0481. The molecule has 0 saturated heterocycles. The summed E-state index contributed by atoms with van der Waals surface area (Å²) in [5.74, 6) is 0. The van der Waals surface area contributed by atoms with Gasteiger partial charge in [0.2, 0.25) is 0 Å². The van der Waals surface area contributed by atoms with E-state index in [1.807, 2.05) is 0 Å². The Balaban J connectivity index is 3.28. The summed E-state index contributed by atoms with van der Waals surface area (Å²) in [6.45, 7) is 0.0822. The topological polar surface area (TPSA) is 0 Å². The first-order valence-corrected chi connectivity index (χ1v) is 5.33. The Hall–Kier alpha value is -1.19. The molecular formula is C12H15BF3-. The molecule has 0 saturated carbocycles. The highest BCUT2D eigenvalue weighted by Gasteiger charge is 2.48. The zero-order chi connectivity index (χ0) is 12.2. The fourth-order valence-corrected chi connectivity index (χ4v) is 2.05. The molecule has 1 aromatic rings. The maximum atomic E-state index is 13.3. The summed E-state index contributed by atoms with van der Waals surface area (Å²) < 4.78 is 39.8. The van der Waals surface area contributed by atoms with Gasteiger partial charge in [0.25, 0.3) is 0 Å². The van der Waals surface area contributed by atoms with Crippen LogP contribution in [0.3, 0.4) is 0 Å². The summed E-state index contributed by atoms with van der Waals surface area (Å²) >= 11 is 0. The summed E-state index contributed by atoms with van der Waals surface area (Å²) in [6, 6.07) is 8.10. The second-order valence-electron chi connectivity index (χ2n) is 3.94. The molecular weight excluding hydrogens is 212 g/mol. The first-order valence-electron chi connectivity index (χ1n) is 5.33. The Morgan fingerprint density at radius 1 is 1.25 bits per heavy atom. The van der Waals surface area contributed by atoms with Gasteiger partial charge in [0.15, 0.2) is 0 Å². The van der Waals surface area contributed by atoms with Crippen molar-refractivity contribution in [2.24, 2.45) is 0 Å². The number of allylic oxidation sites excluding steroid dienone is 1. The largest absolute Gasteiger partial charge is 0.489 e. The van der Waals surface area contributed by atoms with Crippen LogP contribution in [0, 0.1) is 0 Å². The van der Waals surface area contributed by atoms with Crippen LogP contribution in [0.15, 0.2) is 43.0 Å². The van der Waals surface area contributed by atoms with E-state index in [9.17, 15) is 12.9 Å². The predicted molar refractivity (Wildman–Crippen MR) is 62.3 cm³/mol. The Morgan fingerprint density at radius 2 is 1.81 bits per heavy atom. The van der Waals surface area contributed by atoms with Crippen LogP contribution in [-0.2, 0) is 5.31 Å². The summed E-state index contributed by atoms with van der Waals surface area (Å²) in [5, 5.41) is -1.73. The van der Waals surface area contributed by atoms with Gasteiger partial charge in [0.05, 0.1) is 0 Å². The van der Waals surface area contributed by atoms with Gasteiger partial charge >= 0.3 is 6.98 Å². The fraction of sp³-hybridized carbons (Fsp3) is 0.333. The standard InChI is InChI=1S/C12H15BF3/c1-3-10-12(4-2,13(14,15)16)11-8-6-5-7-9-11/h3,5-9H,1,4,10H2,2H3/q-1. The van der Waals surface area contributed by atoms with Crippen LogP contribution in [0.2, 0.25) is 0 Å². The van der Waals surface area contributed by atoms with Gasteiger partial charge in [-0.25, -0.2) is 0 Å². The van der Waals surface area contributed by atoms with Gasteiger partial charge in [-0.2, -0.15) is 0 Å². The lowest BCUT2D eigenvalue weighted by atomic mass is 9.51. The van der Waals surface area contributed by atoms with Crippen molar-refractivity contribution in [1.82, 2.24) is 0 Å². The zero-order valence-electron chi connectivity index (χ0n) is 9.30. The van der Waals surface area contributed by atoms with E-state index in [1.165, 1.54) is 6.08 Å². The van der Waals surface area contributed by atoms with Crippen molar-refractivity contribution in [3.05, 3.63) is 48.6 Å². The molecule has 0 fully saturated rings. The summed E-state index contributed by atoms with van der Waals surface area (Å²) in [7, 11) is 0. The molecule has 0 nitrogen and oxygen atoms in total. The second-order valence-corrected chi connectivity index (χ2v) is 3.94. The van der Waals surface area contributed by atoms with Crippen LogP contribution in [-0.4, -0.2) is 6.98 Å². The number of benzene rings is 1. The van der Waals surface area contributed by atoms with Crippen molar-refractivity contribution in [2.75, 3.05) is 0 Å². The second kappa shape index (κ2) is 4.77. The molecule has 1 atom stereocenters. The smallest absolute Gasteiger partial charge is 0.448 e. The van der Waals surface area contributed by atoms with Gasteiger partial charge in [-0.05, 0) is 11.7 Å². The van der Waals surface area contributed by atoms with E-state index in [0.717, 1.165) is 0 Å². The summed E-state index contributed by atoms with van der Waals surface area (Å²) in [6.07, 6.45) is 1.34. The molecule has 1 rings (SSSR count). The monoisotopic (exact) mass is 227 g/mol. The highest BCUT2D eigenvalue weighted by molar-refractivity contribution is 6.62. The van der Waals surface area contributed by atoms with Gasteiger partial charge in [-0.1, -0.05) is 55.3 Å². The predicted octanol–water partition coefficient (Wildman–Crippen LogP) is 4.30. The van der Waals surface area contributed by atoms with Gasteiger partial charge in [-0.3, -0.25) is 0 Å². The van der Waals surface area contributed by atoms with E-state index in [4.69, 9.17) is 0 Å². The van der Waals surface area contributed by atoms with E-state index < -0.39 is 12.3 Å². The van der Waals surface area contributed by atoms with Crippen molar-refractivity contribution < 1.29 is 12.9 Å². The molecule has 88 valence electrons. The van der Waals surface area contributed by atoms with Gasteiger partial charge < -0.3 is 12.9 Å². The molecule has 0 aliphatic heterocycles. The highest BCUT2D eigenvalue weighted by atomic mass is 19.4. The molecule has 0 spiro atoms. The van der Waals surface area contributed by atoms with Crippen LogP contribution >= 0.6 is 0 Å². The van der Waals surface area contributed by atoms with Crippen LogP contribution in [0.4, 0.5) is 12.9 Å². The van der Waals surface area contributed by atoms with Crippen molar-refractivity contribution >= 4 is 6.98 Å². The quantitative estimate of drug-likeness (QED) is 0.519. The molecule has 0 bridgehead atoms. The van der Waals surface area contributed by atoms with Gasteiger partial charge in [-0.15, -0.1) is 6.58 Å². The third kappa shape index (κ3) is 2.15. The van der Waals surface area contributed by atoms with Crippen molar-refractivity contribution in [2.45, 2.75) is 25.1 Å². The summed E-state index contributed by atoms with van der Waals surface area (Å²) in [5.41, 5.74) is 0.338. The average Bonchev–Trinajstić information content (AvgIpc) is 2.25.